The maximum Gasteiger partial charge on any atom is 0.264 e. The van der Waals surface area contributed by atoms with Crippen LogP contribution in [0.15, 0.2) is 77.7 Å². The van der Waals surface area contributed by atoms with Gasteiger partial charge in [0.1, 0.15) is 0 Å². The Balaban J connectivity index is 1.43. The zero-order valence-electron chi connectivity index (χ0n) is 16.7. The lowest BCUT2D eigenvalue weighted by molar-refractivity contribution is 0.0981. The number of sulfonamides is 1. The summed E-state index contributed by atoms with van der Waals surface area (Å²) < 4.78 is 27.8. The molecule has 30 heavy (non-hydrogen) atoms. The van der Waals surface area contributed by atoms with Gasteiger partial charge in [0.2, 0.25) is 0 Å². The third kappa shape index (κ3) is 2.91. The second kappa shape index (κ2) is 6.99. The van der Waals surface area contributed by atoms with Gasteiger partial charge in [0.05, 0.1) is 10.6 Å². The maximum atomic E-state index is 13.2. The number of carbonyl (C=O) groups excluding carboxylic acids is 1. The van der Waals surface area contributed by atoms with Gasteiger partial charge in [-0.05, 0) is 67.3 Å². The average molecular weight is 419 g/mol. The van der Waals surface area contributed by atoms with Crippen LogP contribution in [0.1, 0.15) is 28.4 Å². The van der Waals surface area contributed by atoms with E-state index in [0.29, 0.717) is 18.5 Å². The van der Waals surface area contributed by atoms with E-state index in [1.165, 1.54) is 16.4 Å². The van der Waals surface area contributed by atoms with Gasteiger partial charge in [-0.3, -0.25) is 9.10 Å². The summed E-state index contributed by atoms with van der Waals surface area (Å²) in [6.07, 6.45) is 1.53. The van der Waals surface area contributed by atoms with E-state index in [1.807, 2.05) is 55.5 Å². The van der Waals surface area contributed by atoms with Gasteiger partial charge in [0, 0.05) is 23.8 Å². The lowest BCUT2D eigenvalue weighted by Crippen LogP contribution is -2.35. The summed E-state index contributed by atoms with van der Waals surface area (Å²) in [5, 5.41) is 0. The molecule has 1 atom stereocenters. The van der Waals surface area contributed by atoms with Crippen molar-refractivity contribution in [2.75, 3.05) is 15.7 Å². The molecule has 0 saturated heterocycles. The molecule has 1 amide bonds. The normalized spacial score (nSPS) is 17.7. The molecule has 152 valence electrons. The van der Waals surface area contributed by atoms with Crippen LogP contribution in [-0.4, -0.2) is 26.9 Å². The fraction of sp³-hybridized carbons (Fsp3) is 0.208. The predicted molar refractivity (Wildman–Crippen MR) is 118 cm³/mol. The topological polar surface area (TPSA) is 57.7 Å². The molecular weight excluding hydrogens is 396 g/mol. The third-order valence-electron chi connectivity index (χ3n) is 5.96. The van der Waals surface area contributed by atoms with E-state index in [4.69, 9.17) is 0 Å². The highest BCUT2D eigenvalue weighted by Gasteiger charge is 2.33. The van der Waals surface area contributed by atoms with Crippen molar-refractivity contribution in [2.45, 2.75) is 30.7 Å². The van der Waals surface area contributed by atoms with Gasteiger partial charge in [-0.2, -0.15) is 0 Å². The number of anilines is 2. The van der Waals surface area contributed by atoms with Crippen LogP contribution in [0, 0.1) is 0 Å². The summed E-state index contributed by atoms with van der Waals surface area (Å²) >= 11 is 0. The van der Waals surface area contributed by atoms with Gasteiger partial charge in [0.25, 0.3) is 15.9 Å². The fourth-order valence-electron chi connectivity index (χ4n) is 4.47. The van der Waals surface area contributed by atoms with Crippen LogP contribution in [0.2, 0.25) is 0 Å². The lowest BCUT2D eigenvalue weighted by atomic mass is 10.1. The van der Waals surface area contributed by atoms with E-state index in [-0.39, 0.29) is 16.8 Å². The maximum absolute atomic E-state index is 13.2. The molecule has 2 aliphatic heterocycles. The number of amides is 1. The lowest BCUT2D eigenvalue weighted by Gasteiger charge is -2.23. The molecule has 0 saturated carbocycles. The van der Waals surface area contributed by atoms with Gasteiger partial charge in [-0.15, -0.1) is 0 Å². The van der Waals surface area contributed by atoms with E-state index >= 15 is 0 Å². The highest BCUT2D eigenvalue weighted by molar-refractivity contribution is 7.92. The summed E-state index contributed by atoms with van der Waals surface area (Å²) in [6.45, 7) is 2.46. The minimum absolute atomic E-state index is 0.0689. The Morgan fingerprint density at radius 3 is 2.23 bits per heavy atom. The number of hydrogen-bond acceptors (Lipinski definition) is 3. The van der Waals surface area contributed by atoms with Crippen molar-refractivity contribution in [3.05, 3.63) is 89.5 Å². The van der Waals surface area contributed by atoms with Gasteiger partial charge < -0.3 is 4.90 Å². The summed E-state index contributed by atoms with van der Waals surface area (Å²) in [5.74, 6) is -0.108. The minimum Gasteiger partial charge on any atom is -0.305 e. The molecule has 2 heterocycles. The molecule has 6 heteroatoms. The number of nitrogens with zero attached hydrogens (tertiary/aromatic N) is 2. The fourth-order valence-corrected chi connectivity index (χ4v) is 5.97. The van der Waals surface area contributed by atoms with Gasteiger partial charge in [-0.25, -0.2) is 8.42 Å². The number of fused-ring (bicyclic) bond motifs is 2. The van der Waals surface area contributed by atoms with Gasteiger partial charge >= 0.3 is 0 Å². The van der Waals surface area contributed by atoms with Crippen molar-refractivity contribution >= 4 is 27.3 Å². The molecule has 0 N–H and O–H groups in total. The van der Waals surface area contributed by atoms with Crippen molar-refractivity contribution in [1.29, 1.82) is 0 Å². The van der Waals surface area contributed by atoms with Crippen LogP contribution in [0.4, 0.5) is 11.4 Å². The number of rotatable bonds is 3. The first-order valence-electron chi connectivity index (χ1n) is 10.1. The van der Waals surface area contributed by atoms with Crippen LogP contribution in [0.25, 0.3) is 0 Å². The van der Waals surface area contributed by atoms with E-state index in [1.54, 1.807) is 17.0 Å². The Morgan fingerprint density at radius 2 is 1.50 bits per heavy atom. The first-order valence-corrected chi connectivity index (χ1v) is 11.5. The van der Waals surface area contributed by atoms with Crippen molar-refractivity contribution in [2.24, 2.45) is 0 Å². The van der Waals surface area contributed by atoms with Gasteiger partial charge in [0.15, 0.2) is 0 Å². The first-order chi connectivity index (χ1) is 14.5. The molecule has 3 aromatic rings. The van der Waals surface area contributed by atoms with Crippen LogP contribution in [-0.2, 0) is 22.9 Å². The molecule has 0 aromatic heterocycles. The molecule has 5 nitrogen and oxygen atoms in total. The number of hydrogen-bond donors (Lipinski definition) is 0. The molecule has 0 spiro atoms. The second-order valence-electron chi connectivity index (χ2n) is 7.84. The highest BCUT2D eigenvalue weighted by Crippen LogP contribution is 2.34. The Labute approximate surface area is 176 Å². The summed E-state index contributed by atoms with van der Waals surface area (Å²) in [6, 6.07) is 21.9. The van der Waals surface area contributed by atoms with E-state index in [2.05, 4.69) is 0 Å². The largest absolute Gasteiger partial charge is 0.305 e. The monoisotopic (exact) mass is 418 g/mol. The molecule has 3 aromatic carbocycles. The molecule has 0 bridgehead atoms. The van der Waals surface area contributed by atoms with Crippen LogP contribution in [0.3, 0.4) is 0 Å². The summed E-state index contributed by atoms with van der Waals surface area (Å²) in [7, 11) is -3.66. The zero-order valence-corrected chi connectivity index (χ0v) is 17.5. The summed E-state index contributed by atoms with van der Waals surface area (Å²) in [5.41, 5.74) is 4.35. The first kappa shape index (κ1) is 18.9. The Morgan fingerprint density at radius 1 is 0.867 bits per heavy atom. The van der Waals surface area contributed by atoms with Crippen LogP contribution >= 0.6 is 0 Å². The molecule has 0 aliphatic carbocycles. The molecule has 1 unspecified atom stereocenters. The van der Waals surface area contributed by atoms with Crippen molar-refractivity contribution < 1.29 is 13.2 Å². The summed E-state index contributed by atoms with van der Waals surface area (Å²) in [4.78, 5) is 15.2. The standard InChI is InChI=1S/C24H22N2O3S/c1-17-16-20-7-3-5-9-23(20)26(17)24(27)19-10-12-21(13-11-19)30(28,29)25-15-14-18-6-2-4-8-22(18)25/h2-13,17H,14-16H2,1H3. The van der Waals surface area contributed by atoms with E-state index < -0.39 is 10.0 Å². The quantitative estimate of drug-likeness (QED) is 0.645. The predicted octanol–water partition coefficient (Wildman–Crippen LogP) is 4.03. The van der Waals surface area contributed by atoms with Crippen molar-refractivity contribution in [1.82, 2.24) is 0 Å². The Kier molecular flexibility index (Phi) is 4.40. The van der Waals surface area contributed by atoms with Crippen LogP contribution in [0.5, 0.6) is 0 Å². The molecule has 0 radical (unpaired) electrons. The molecule has 0 fully saturated rings. The van der Waals surface area contributed by atoms with Crippen LogP contribution < -0.4 is 9.21 Å². The van der Waals surface area contributed by atoms with E-state index in [9.17, 15) is 13.2 Å². The number of benzene rings is 3. The molecule has 5 rings (SSSR count). The highest BCUT2D eigenvalue weighted by atomic mass is 32.2. The smallest absolute Gasteiger partial charge is 0.264 e. The number of carbonyl (C=O) groups is 1. The number of para-hydroxylation sites is 2. The van der Waals surface area contributed by atoms with E-state index in [0.717, 1.165) is 28.9 Å². The Bertz CT molecular complexity index is 1240. The SMILES string of the molecule is CC1Cc2ccccc2N1C(=O)c1ccc(S(=O)(=O)N2CCc3ccccc32)cc1. The van der Waals surface area contributed by atoms with Gasteiger partial charge in [-0.1, -0.05) is 36.4 Å². The molecular formula is C24H22N2O3S. The second-order valence-corrected chi connectivity index (χ2v) is 9.70. The van der Waals surface area contributed by atoms with Crippen molar-refractivity contribution in [3.8, 4) is 0 Å². The minimum atomic E-state index is -3.66. The Hall–Kier alpha value is -3.12. The third-order valence-corrected chi connectivity index (χ3v) is 7.79. The average Bonchev–Trinajstić information content (AvgIpc) is 3.34. The zero-order chi connectivity index (χ0) is 20.9. The van der Waals surface area contributed by atoms with Crippen molar-refractivity contribution in [3.63, 3.8) is 0 Å². The molecule has 2 aliphatic rings.